The van der Waals surface area contributed by atoms with Crippen LogP contribution in [0.15, 0.2) is 36.5 Å². The van der Waals surface area contributed by atoms with Gasteiger partial charge in [-0.2, -0.15) is 5.26 Å². The zero-order valence-electron chi connectivity index (χ0n) is 11.2. The predicted octanol–water partition coefficient (Wildman–Crippen LogP) is 2.81. The Hall–Kier alpha value is -2.58. The van der Waals surface area contributed by atoms with Crippen molar-refractivity contribution in [2.75, 3.05) is 7.11 Å². The molecule has 0 bridgehead atoms. The molecule has 1 heterocycles. The van der Waals surface area contributed by atoms with Gasteiger partial charge in [-0.25, -0.2) is 4.98 Å². The van der Waals surface area contributed by atoms with Crippen molar-refractivity contribution in [3.05, 3.63) is 47.7 Å². The molecule has 0 aliphatic heterocycles. The zero-order chi connectivity index (χ0) is 14.5. The number of hydrogen-bond donors (Lipinski definition) is 1. The first-order chi connectivity index (χ1) is 9.62. The van der Waals surface area contributed by atoms with Crippen LogP contribution in [-0.2, 0) is 0 Å². The van der Waals surface area contributed by atoms with Crippen LogP contribution >= 0.6 is 0 Å². The second-order valence-corrected chi connectivity index (χ2v) is 4.22. The van der Waals surface area contributed by atoms with E-state index in [1.807, 2.05) is 6.07 Å². The van der Waals surface area contributed by atoms with E-state index in [0.29, 0.717) is 28.5 Å². The lowest BCUT2D eigenvalue weighted by Gasteiger charge is -2.08. The van der Waals surface area contributed by atoms with Gasteiger partial charge in [0.2, 0.25) is 5.88 Å². The van der Waals surface area contributed by atoms with Crippen molar-refractivity contribution in [2.45, 2.75) is 13.0 Å². The van der Waals surface area contributed by atoms with E-state index in [2.05, 4.69) is 4.98 Å². The lowest BCUT2D eigenvalue weighted by molar-refractivity contribution is 0.198. The summed E-state index contributed by atoms with van der Waals surface area (Å²) in [6, 6.07) is 10.3. The van der Waals surface area contributed by atoms with Crippen molar-refractivity contribution in [3.8, 4) is 23.4 Å². The molecule has 0 radical (unpaired) electrons. The molecule has 0 saturated carbocycles. The molecule has 1 atom stereocenters. The number of rotatable bonds is 4. The van der Waals surface area contributed by atoms with E-state index in [0.717, 1.165) is 0 Å². The molecular weight excluding hydrogens is 256 g/mol. The summed E-state index contributed by atoms with van der Waals surface area (Å²) in [4.78, 5) is 4.10. The van der Waals surface area contributed by atoms with E-state index in [1.165, 1.54) is 7.11 Å². The molecule has 1 aromatic carbocycles. The summed E-state index contributed by atoms with van der Waals surface area (Å²) in [7, 11) is 1.52. The molecule has 2 rings (SSSR count). The Labute approximate surface area is 117 Å². The van der Waals surface area contributed by atoms with E-state index in [1.54, 1.807) is 43.5 Å². The van der Waals surface area contributed by atoms with Gasteiger partial charge in [-0.05, 0) is 30.7 Å². The normalized spacial score (nSPS) is 11.5. The highest BCUT2D eigenvalue weighted by Crippen LogP contribution is 2.26. The minimum Gasteiger partial charge on any atom is -0.497 e. The molecule has 0 fully saturated rings. The highest BCUT2D eigenvalue weighted by Gasteiger charge is 2.06. The molecule has 1 aromatic heterocycles. The van der Waals surface area contributed by atoms with Crippen LogP contribution in [0, 0.1) is 11.3 Å². The topological polar surface area (TPSA) is 75.4 Å². The average molecular weight is 270 g/mol. The molecule has 102 valence electrons. The van der Waals surface area contributed by atoms with E-state index in [-0.39, 0.29) is 0 Å². The molecule has 0 aliphatic rings. The van der Waals surface area contributed by atoms with Gasteiger partial charge in [-0.1, -0.05) is 0 Å². The minimum atomic E-state index is -0.571. The van der Waals surface area contributed by atoms with Gasteiger partial charge in [0, 0.05) is 18.3 Å². The van der Waals surface area contributed by atoms with Crippen LogP contribution in [-0.4, -0.2) is 17.2 Å². The molecule has 0 amide bonds. The van der Waals surface area contributed by atoms with E-state index in [4.69, 9.17) is 14.7 Å². The molecule has 5 heteroatoms. The van der Waals surface area contributed by atoms with Gasteiger partial charge >= 0.3 is 0 Å². The Morgan fingerprint density at radius 3 is 2.55 bits per heavy atom. The van der Waals surface area contributed by atoms with Gasteiger partial charge in [0.25, 0.3) is 0 Å². The third-order valence-corrected chi connectivity index (χ3v) is 2.71. The van der Waals surface area contributed by atoms with Crippen LogP contribution in [0.25, 0.3) is 0 Å². The summed E-state index contributed by atoms with van der Waals surface area (Å²) in [5.41, 5.74) is 1.15. The van der Waals surface area contributed by atoms with Gasteiger partial charge < -0.3 is 14.6 Å². The Morgan fingerprint density at radius 1 is 1.25 bits per heavy atom. The van der Waals surface area contributed by atoms with Gasteiger partial charge in [-0.3, -0.25) is 0 Å². The largest absolute Gasteiger partial charge is 0.497 e. The van der Waals surface area contributed by atoms with Crippen molar-refractivity contribution in [3.63, 3.8) is 0 Å². The van der Waals surface area contributed by atoms with Crippen molar-refractivity contribution in [2.24, 2.45) is 0 Å². The first-order valence-electron chi connectivity index (χ1n) is 6.03. The van der Waals surface area contributed by atoms with Gasteiger partial charge in [0.1, 0.15) is 11.5 Å². The lowest BCUT2D eigenvalue weighted by Crippen LogP contribution is -1.94. The number of nitriles is 1. The van der Waals surface area contributed by atoms with Crippen molar-refractivity contribution >= 4 is 0 Å². The molecule has 2 aromatic rings. The molecule has 0 saturated heterocycles. The summed E-state index contributed by atoms with van der Waals surface area (Å²) in [5.74, 6) is 1.39. The number of ether oxygens (including phenoxy) is 2. The molecule has 5 nitrogen and oxygen atoms in total. The van der Waals surface area contributed by atoms with Crippen molar-refractivity contribution < 1.29 is 14.6 Å². The average Bonchev–Trinajstić information content (AvgIpc) is 2.47. The summed E-state index contributed by atoms with van der Waals surface area (Å²) < 4.78 is 10.7. The number of methoxy groups -OCH3 is 1. The summed E-state index contributed by atoms with van der Waals surface area (Å²) >= 11 is 0. The van der Waals surface area contributed by atoms with E-state index >= 15 is 0 Å². The second-order valence-electron chi connectivity index (χ2n) is 4.22. The van der Waals surface area contributed by atoms with Crippen LogP contribution < -0.4 is 9.47 Å². The molecular formula is C15H14N2O3. The SMILES string of the molecule is COc1cc(C#N)cc(Oc2ccc([C@H](C)O)cn2)c1. The third kappa shape index (κ3) is 3.25. The number of benzene rings is 1. The summed E-state index contributed by atoms with van der Waals surface area (Å²) in [6.07, 6.45) is 0.976. The van der Waals surface area contributed by atoms with Crippen LogP contribution in [0.5, 0.6) is 17.4 Å². The fourth-order valence-corrected chi connectivity index (χ4v) is 1.63. The third-order valence-electron chi connectivity index (χ3n) is 2.71. The van der Waals surface area contributed by atoms with Crippen molar-refractivity contribution in [1.82, 2.24) is 4.98 Å². The van der Waals surface area contributed by atoms with Crippen LogP contribution in [0.2, 0.25) is 0 Å². The Balaban J connectivity index is 2.23. The monoisotopic (exact) mass is 270 g/mol. The lowest BCUT2D eigenvalue weighted by atomic mass is 10.2. The Morgan fingerprint density at radius 2 is 2.00 bits per heavy atom. The maximum atomic E-state index is 9.41. The zero-order valence-corrected chi connectivity index (χ0v) is 11.2. The molecule has 0 aliphatic carbocycles. The summed E-state index contributed by atoms with van der Waals surface area (Å²) in [5, 5.41) is 18.3. The molecule has 0 unspecified atom stereocenters. The number of aromatic nitrogens is 1. The second kappa shape index (κ2) is 6.04. The number of aliphatic hydroxyl groups excluding tert-OH is 1. The van der Waals surface area contributed by atoms with E-state index in [9.17, 15) is 5.11 Å². The minimum absolute atomic E-state index is 0.381. The standard InChI is InChI=1S/C15H14N2O3/c1-10(18)12-3-4-15(17-9-12)20-14-6-11(8-16)5-13(7-14)19-2/h3-7,9-10,18H,1-2H3/t10-/m0/s1. The Bertz CT molecular complexity index is 631. The smallest absolute Gasteiger partial charge is 0.219 e. The Kier molecular flexibility index (Phi) is 4.18. The number of hydrogen-bond acceptors (Lipinski definition) is 5. The molecule has 0 spiro atoms. The maximum Gasteiger partial charge on any atom is 0.219 e. The van der Waals surface area contributed by atoms with Crippen LogP contribution in [0.1, 0.15) is 24.2 Å². The fourth-order valence-electron chi connectivity index (χ4n) is 1.63. The van der Waals surface area contributed by atoms with Gasteiger partial charge in [0.05, 0.1) is 24.8 Å². The van der Waals surface area contributed by atoms with Crippen LogP contribution in [0.3, 0.4) is 0 Å². The van der Waals surface area contributed by atoms with Gasteiger partial charge in [-0.15, -0.1) is 0 Å². The number of nitrogens with zero attached hydrogens (tertiary/aromatic N) is 2. The highest BCUT2D eigenvalue weighted by molar-refractivity contribution is 5.45. The van der Waals surface area contributed by atoms with Crippen molar-refractivity contribution in [1.29, 1.82) is 5.26 Å². The fraction of sp³-hybridized carbons (Fsp3) is 0.200. The molecule has 1 N–H and O–H groups in total. The quantitative estimate of drug-likeness (QED) is 0.924. The first kappa shape index (κ1) is 13.8. The molecule has 20 heavy (non-hydrogen) atoms. The maximum absolute atomic E-state index is 9.41. The summed E-state index contributed by atoms with van der Waals surface area (Å²) in [6.45, 7) is 1.67. The highest BCUT2D eigenvalue weighted by atomic mass is 16.5. The van der Waals surface area contributed by atoms with Crippen LogP contribution in [0.4, 0.5) is 0 Å². The van der Waals surface area contributed by atoms with E-state index < -0.39 is 6.10 Å². The first-order valence-corrected chi connectivity index (χ1v) is 6.03. The number of pyridine rings is 1. The van der Waals surface area contributed by atoms with Gasteiger partial charge in [0.15, 0.2) is 0 Å². The predicted molar refractivity (Wildman–Crippen MR) is 72.7 cm³/mol. The number of aliphatic hydroxyl groups is 1.